The van der Waals surface area contributed by atoms with Gasteiger partial charge in [-0.15, -0.1) is 0 Å². The lowest BCUT2D eigenvalue weighted by atomic mass is 9.87. The number of hydrogen-bond acceptors (Lipinski definition) is 4. The van der Waals surface area contributed by atoms with E-state index in [1.165, 1.54) is 5.56 Å². The van der Waals surface area contributed by atoms with Gasteiger partial charge in [-0.1, -0.05) is 39.8 Å². The molecule has 118 valence electrons. The Morgan fingerprint density at radius 2 is 1.91 bits per heavy atom. The standard InChI is InChI=1S/C17H22N2O2S/c1-5-14(20)19(16-18-11-10-15(21)22-16)13-8-6-12(7-9-13)17(2,3)4/h6-9H,5,10-11H2,1-4H3. The highest BCUT2D eigenvalue weighted by atomic mass is 32.2. The number of amidine groups is 1. The molecular formula is C17H22N2O2S. The van der Waals surface area contributed by atoms with E-state index < -0.39 is 0 Å². The van der Waals surface area contributed by atoms with E-state index in [0.29, 0.717) is 24.6 Å². The average Bonchev–Trinajstić information content (AvgIpc) is 2.47. The Morgan fingerprint density at radius 3 is 2.41 bits per heavy atom. The first-order chi connectivity index (χ1) is 10.3. The van der Waals surface area contributed by atoms with Gasteiger partial charge in [0.2, 0.25) is 5.91 Å². The van der Waals surface area contributed by atoms with Crippen molar-refractivity contribution in [2.45, 2.75) is 46.0 Å². The highest BCUT2D eigenvalue weighted by Gasteiger charge is 2.26. The summed E-state index contributed by atoms with van der Waals surface area (Å²) < 4.78 is 0. The number of aliphatic imine (C=N–C) groups is 1. The SMILES string of the molecule is CCC(=O)N(C1=NCCC(=O)S1)c1ccc(C(C)(C)C)cc1. The summed E-state index contributed by atoms with van der Waals surface area (Å²) in [4.78, 5) is 29.9. The monoisotopic (exact) mass is 318 g/mol. The minimum absolute atomic E-state index is 0.0514. The van der Waals surface area contributed by atoms with Crippen LogP contribution in [0.4, 0.5) is 5.69 Å². The summed E-state index contributed by atoms with van der Waals surface area (Å²) in [5, 5.41) is 0.553. The van der Waals surface area contributed by atoms with Crippen LogP contribution >= 0.6 is 11.8 Å². The second-order valence-electron chi connectivity index (χ2n) is 6.27. The summed E-state index contributed by atoms with van der Waals surface area (Å²) in [6, 6.07) is 7.91. The van der Waals surface area contributed by atoms with E-state index in [1.807, 2.05) is 31.2 Å². The molecule has 1 aromatic carbocycles. The van der Waals surface area contributed by atoms with E-state index in [-0.39, 0.29) is 16.4 Å². The van der Waals surface area contributed by atoms with Crippen molar-refractivity contribution >= 4 is 33.6 Å². The molecule has 0 aromatic heterocycles. The molecule has 0 N–H and O–H groups in total. The molecule has 1 aromatic rings. The number of nitrogens with zero attached hydrogens (tertiary/aromatic N) is 2. The van der Waals surface area contributed by atoms with Gasteiger partial charge in [0.15, 0.2) is 10.3 Å². The van der Waals surface area contributed by atoms with E-state index >= 15 is 0 Å². The van der Waals surface area contributed by atoms with Crippen LogP contribution in [0.3, 0.4) is 0 Å². The van der Waals surface area contributed by atoms with Crippen LogP contribution in [0, 0.1) is 0 Å². The normalized spacial score (nSPS) is 15.5. The fraction of sp³-hybridized carbons (Fsp3) is 0.471. The minimum atomic E-state index is -0.0514. The van der Waals surface area contributed by atoms with Gasteiger partial charge in [-0.05, 0) is 34.9 Å². The predicted octanol–water partition coefficient (Wildman–Crippen LogP) is 3.75. The molecule has 0 aliphatic carbocycles. The van der Waals surface area contributed by atoms with Gasteiger partial charge in [0.25, 0.3) is 0 Å². The summed E-state index contributed by atoms with van der Waals surface area (Å²) in [6.07, 6.45) is 0.806. The number of carbonyl (C=O) groups excluding carboxylic acids is 2. The van der Waals surface area contributed by atoms with Gasteiger partial charge in [0.05, 0.1) is 5.69 Å². The van der Waals surface area contributed by atoms with Gasteiger partial charge >= 0.3 is 0 Å². The summed E-state index contributed by atoms with van der Waals surface area (Å²) in [7, 11) is 0. The third-order valence-corrected chi connectivity index (χ3v) is 4.43. The zero-order chi connectivity index (χ0) is 16.3. The average molecular weight is 318 g/mol. The van der Waals surface area contributed by atoms with Crippen molar-refractivity contribution in [1.29, 1.82) is 0 Å². The molecule has 0 saturated carbocycles. The van der Waals surface area contributed by atoms with Gasteiger partial charge in [-0.3, -0.25) is 19.5 Å². The van der Waals surface area contributed by atoms with Crippen LogP contribution in [0.2, 0.25) is 0 Å². The van der Waals surface area contributed by atoms with E-state index in [0.717, 1.165) is 17.4 Å². The molecule has 0 radical (unpaired) electrons. The molecule has 2 rings (SSSR count). The van der Waals surface area contributed by atoms with Crippen LogP contribution in [-0.2, 0) is 15.0 Å². The maximum Gasteiger partial charge on any atom is 0.232 e. The van der Waals surface area contributed by atoms with Crippen molar-refractivity contribution in [1.82, 2.24) is 0 Å². The quantitative estimate of drug-likeness (QED) is 0.834. The van der Waals surface area contributed by atoms with Gasteiger partial charge in [-0.2, -0.15) is 0 Å². The second-order valence-corrected chi connectivity index (χ2v) is 7.29. The molecule has 0 atom stereocenters. The summed E-state index contributed by atoms with van der Waals surface area (Å²) >= 11 is 1.06. The third-order valence-electron chi connectivity index (χ3n) is 3.50. The van der Waals surface area contributed by atoms with E-state index in [9.17, 15) is 9.59 Å². The maximum absolute atomic E-state index is 12.3. The molecule has 5 heteroatoms. The first-order valence-corrected chi connectivity index (χ1v) is 8.33. The molecule has 1 amide bonds. The van der Waals surface area contributed by atoms with Crippen molar-refractivity contribution in [2.75, 3.05) is 11.4 Å². The fourth-order valence-electron chi connectivity index (χ4n) is 2.17. The Labute approximate surface area is 136 Å². The molecule has 1 aliphatic rings. The molecule has 1 heterocycles. The lowest BCUT2D eigenvalue weighted by Gasteiger charge is -2.26. The first-order valence-electron chi connectivity index (χ1n) is 7.51. The fourth-order valence-corrected chi connectivity index (χ4v) is 3.03. The second kappa shape index (κ2) is 6.65. The first kappa shape index (κ1) is 16.7. The Balaban J connectivity index is 2.36. The van der Waals surface area contributed by atoms with Gasteiger partial charge in [-0.25, -0.2) is 0 Å². The van der Waals surface area contributed by atoms with Crippen LogP contribution in [0.25, 0.3) is 0 Å². The van der Waals surface area contributed by atoms with Crippen LogP contribution in [0.1, 0.15) is 46.1 Å². The summed E-state index contributed by atoms with van der Waals surface area (Å²) in [5.74, 6) is -0.0514. The van der Waals surface area contributed by atoms with Crippen LogP contribution in [-0.4, -0.2) is 22.7 Å². The molecular weight excluding hydrogens is 296 g/mol. The molecule has 0 spiro atoms. The Kier molecular flexibility index (Phi) is 5.06. The molecule has 0 fully saturated rings. The summed E-state index contributed by atoms with van der Waals surface area (Å²) in [6.45, 7) is 8.72. The Hall–Kier alpha value is -1.62. The van der Waals surface area contributed by atoms with Gasteiger partial charge in [0.1, 0.15) is 0 Å². The Morgan fingerprint density at radius 1 is 1.27 bits per heavy atom. The topological polar surface area (TPSA) is 49.7 Å². The zero-order valence-corrected chi connectivity index (χ0v) is 14.4. The van der Waals surface area contributed by atoms with Crippen LogP contribution < -0.4 is 4.90 Å². The predicted molar refractivity (Wildman–Crippen MR) is 92.4 cm³/mol. The molecule has 4 nitrogen and oxygen atoms in total. The van der Waals surface area contributed by atoms with Crippen LogP contribution in [0.5, 0.6) is 0 Å². The zero-order valence-electron chi connectivity index (χ0n) is 13.5. The smallest absolute Gasteiger partial charge is 0.232 e. The number of thioether (sulfide) groups is 1. The van der Waals surface area contributed by atoms with Crippen molar-refractivity contribution in [3.05, 3.63) is 29.8 Å². The molecule has 0 saturated heterocycles. The highest BCUT2D eigenvalue weighted by Crippen LogP contribution is 2.28. The molecule has 22 heavy (non-hydrogen) atoms. The van der Waals surface area contributed by atoms with Crippen molar-refractivity contribution in [2.24, 2.45) is 4.99 Å². The summed E-state index contributed by atoms with van der Waals surface area (Å²) in [5.41, 5.74) is 2.03. The molecule has 1 aliphatic heterocycles. The third kappa shape index (κ3) is 3.77. The van der Waals surface area contributed by atoms with Gasteiger partial charge in [0, 0.05) is 19.4 Å². The lowest BCUT2D eigenvalue weighted by molar-refractivity contribution is -0.117. The Bertz CT molecular complexity index is 600. The van der Waals surface area contributed by atoms with Crippen molar-refractivity contribution in [3.8, 4) is 0 Å². The van der Waals surface area contributed by atoms with Crippen molar-refractivity contribution < 1.29 is 9.59 Å². The minimum Gasteiger partial charge on any atom is -0.287 e. The number of anilines is 1. The number of carbonyl (C=O) groups is 2. The van der Waals surface area contributed by atoms with E-state index in [1.54, 1.807) is 4.90 Å². The molecule has 0 unspecified atom stereocenters. The van der Waals surface area contributed by atoms with Crippen molar-refractivity contribution in [3.63, 3.8) is 0 Å². The van der Waals surface area contributed by atoms with E-state index in [4.69, 9.17) is 0 Å². The maximum atomic E-state index is 12.3. The number of benzene rings is 1. The number of rotatable bonds is 2. The highest BCUT2D eigenvalue weighted by molar-refractivity contribution is 8.26. The van der Waals surface area contributed by atoms with E-state index in [2.05, 4.69) is 25.8 Å². The lowest BCUT2D eigenvalue weighted by Crippen LogP contribution is -2.37. The number of amides is 1. The molecule has 0 bridgehead atoms. The van der Waals surface area contributed by atoms with Gasteiger partial charge < -0.3 is 0 Å². The largest absolute Gasteiger partial charge is 0.287 e. The number of hydrogen-bond donors (Lipinski definition) is 0. The van der Waals surface area contributed by atoms with Crippen LogP contribution in [0.15, 0.2) is 29.3 Å².